The smallest absolute Gasteiger partial charge is 0.304 e. The van der Waals surface area contributed by atoms with Crippen molar-refractivity contribution in [3.63, 3.8) is 0 Å². The Morgan fingerprint density at radius 2 is 1.85 bits per heavy atom. The van der Waals surface area contributed by atoms with Gasteiger partial charge in [-0.2, -0.15) is 4.68 Å². The number of allylic oxidation sites excluding steroid dienone is 2. The number of benzene rings is 1. The molecule has 138 valence electrons. The Morgan fingerprint density at radius 3 is 2.50 bits per heavy atom. The fraction of sp³-hybridized carbons (Fsp3) is 0.429. The molecule has 1 unspecified atom stereocenters. The number of hydrogen-bond acceptors (Lipinski definition) is 2. The van der Waals surface area contributed by atoms with Crippen LogP contribution in [0.1, 0.15) is 49.4 Å². The van der Waals surface area contributed by atoms with Gasteiger partial charge in [0.25, 0.3) is 0 Å². The molecule has 0 saturated heterocycles. The third kappa shape index (κ3) is 2.80. The van der Waals surface area contributed by atoms with Crippen LogP contribution < -0.4 is 34.0 Å². The van der Waals surface area contributed by atoms with Crippen LogP contribution in [0.15, 0.2) is 41.6 Å². The van der Waals surface area contributed by atoms with Gasteiger partial charge in [0.2, 0.25) is 0 Å². The number of fused-ring (bicyclic) bond motifs is 1. The van der Waals surface area contributed by atoms with Gasteiger partial charge in [0.05, 0.1) is 17.2 Å². The normalized spacial score (nSPS) is 20.8. The van der Waals surface area contributed by atoms with E-state index in [2.05, 4.69) is 73.8 Å². The Labute approximate surface area is 172 Å². The van der Waals surface area contributed by atoms with Gasteiger partial charge in [-0.15, -0.1) is 0 Å². The number of ketones is 1. The number of nitrogens with one attached hydrogen (secondary N) is 1. The molecule has 0 fully saturated rings. The summed E-state index contributed by atoms with van der Waals surface area (Å²) in [5, 5.41) is 3.62. The summed E-state index contributed by atoms with van der Waals surface area (Å²) < 4.78 is 4.30. The predicted molar refractivity (Wildman–Crippen MR) is 98.3 cm³/mol. The SMILES string of the molecule is Cc1c2c([n+](C)n1C)NC1=C(C(=O)CC(C)(C)C1)C2c1ccccc1.[I-]. The highest BCUT2D eigenvalue weighted by molar-refractivity contribution is 6.01. The highest BCUT2D eigenvalue weighted by Crippen LogP contribution is 2.49. The molecule has 1 N–H and O–H groups in total. The standard InChI is InChI=1S/C21H25N3O.HI/c1-13-17-18(14-9-7-6-8-10-14)19-15(11-21(2,3)12-16(19)25)22-20(17)24(5)23(13)4;/h6-10,18H,11-12H2,1-5H3;1H. The van der Waals surface area contributed by atoms with Gasteiger partial charge < -0.3 is 24.0 Å². The van der Waals surface area contributed by atoms with Crippen molar-refractivity contribution in [1.82, 2.24) is 4.68 Å². The maximum absolute atomic E-state index is 13.1. The first kappa shape index (κ1) is 19.1. The molecule has 26 heavy (non-hydrogen) atoms. The van der Waals surface area contributed by atoms with Crippen molar-refractivity contribution in [3.05, 3.63) is 58.4 Å². The van der Waals surface area contributed by atoms with E-state index in [-0.39, 0.29) is 41.1 Å². The maximum atomic E-state index is 13.1. The quantitative estimate of drug-likeness (QED) is 0.490. The van der Waals surface area contributed by atoms with Crippen molar-refractivity contribution in [2.45, 2.75) is 39.5 Å². The number of anilines is 1. The number of hydrogen-bond donors (Lipinski definition) is 1. The second-order valence-corrected chi connectivity index (χ2v) is 8.20. The summed E-state index contributed by atoms with van der Waals surface area (Å²) in [4.78, 5) is 13.1. The summed E-state index contributed by atoms with van der Waals surface area (Å²) in [6.07, 6.45) is 1.52. The highest BCUT2D eigenvalue weighted by Gasteiger charge is 2.46. The summed E-state index contributed by atoms with van der Waals surface area (Å²) in [5.41, 5.74) is 5.69. The lowest BCUT2D eigenvalue weighted by molar-refractivity contribution is -0.738. The zero-order chi connectivity index (χ0) is 17.9. The average molecular weight is 463 g/mol. The van der Waals surface area contributed by atoms with Crippen LogP contribution in [0.5, 0.6) is 0 Å². The number of Topliss-reactive ketones (excluding diaryl/α,β-unsaturated/α-hetero) is 1. The van der Waals surface area contributed by atoms with Crippen molar-refractivity contribution < 1.29 is 33.5 Å². The molecule has 0 spiro atoms. The summed E-state index contributed by atoms with van der Waals surface area (Å²) in [6.45, 7) is 6.50. The molecule has 0 bridgehead atoms. The van der Waals surface area contributed by atoms with Crippen LogP contribution in [0.4, 0.5) is 5.82 Å². The minimum Gasteiger partial charge on any atom is -1.00 e. The average Bonchev–Trinajstić information content (AvgIpc) is 2.77. The van der Waals surface area contributed by atoms with Gasteiger partial charge in [0.15, 0.2) is 5.78 Å². The van der Waals surface area contributed by atoms with Gasteiger partial charge in [-0.1, -0.05) is 44.2 Å². The van der Waals surface area contributed by atoms with E-state index in [1.807, 2.05) is 6.07 Å². The Morgan fingerprint density at radius 1 is 1.19 bits per heavy atom. The predicted octanol–water partition coefficient (Wildman–Crippen LogP) is 0.363. The van der Waals surface area contributed by atoms with E-state index in [0.717, 1.165) is 23.5 Å². The lowest BCUT2D eigenvalue weighted by atomic mass is 9.69. The van der Waals surface area contributed by atoms with E-state index in [0.29, 0.717) is 6.42 Å². The fourth-order valence-electron chi connectivity index (χ4n) is 4.44. The van der Waals surface area contributed by atoms with E-state index in [9.17, 15) is 4.79 Å². The van der Waals surface area contributed by atoms with Crippen molar-refractivity contribution in [3.8, 4) is 0 Å². The van der Waals surface area contributed by atoms with Crippen LogP contribution in [-0.4, -0.2) is 10.5 Å². The molecule has 0 amide bonds. The zero-order valence-electron chi connectivity index (χ0n) is 16.1. The van der Waals surface area contributed by atoms with Crippen molar-refractivity contribution in [1.29, 1.82) is 0 Å². The van der Waals surface area contributed by atoms with E-state index in [4.69, 9.17) is 0 Å². The molecule has 1 atom stereocenters. The first-order valence-electron chi connectivity index (χ1n) is 8.94. The van der Waals surface area contributed by atoms with E-state index in [1.165, 1.54) is 16.8 Å². The van der Waals surface area contributed by atoms with Crippen LogP contribution in [-0.2, 0) is 18.9 Å². The molecule has 2 aliphatic rings. The molecule has 2 heterocycles. The van der Waals surface area contributed by atoms with E-state index < -0.39 is 0 Å². The fourth-order valence-corrected chi connectivity index (χ4v) is 4.44. The molecule has 0 radical (unpaired) electrons. The van der Waals surface area contributed by atoms with Crippen molar-refractivity contribution >= 4 is 11.6 Å². The lowest BCUT2D eigenvalue weighted by Gasteiger charge is -2.35. The molecule has 1 aromatic heterocycles. The second kappa shape index (κ2) is 6.51. The van der Waals surface area contributed by atoms with Gasteiger partial charge in [-0.05, 0) is 17.9 Å². The number of nitrogens with zero attached hydrogens (tertiary/aromatic N) is 2. The minimum atomic E-state index is 0. The van der Waals surface area contributed by atoms with Gasteiger partial charge in [-0.3, -0.25) is 4.79 Å². The molecule has 1 aliphatic carbocycles. The van der Waals surface area contributed by atoms with Crippen LogP contribution in [0.2, 0.25) is 0 Å². The van der Waals surface area contributed by atoms with Crippen LogP contribution in [0.3, 0.4) is 0 Å². The molecule has 4 rings (SSSR count). The van der Waals surface area contributed by atoms with E-state index in [1.54, 1.807) is 0 Å². The zero-order valence-corrected chi connectivity index (χ0v) is 18.2. The molecule has 4 nitrogen and oxygen atoms in total. The molecule has 2 aromatic rings. The third-order valence-corrected chi connectivity index (χ3v) is 5.80. The molecule has 5 heteroatoms. The van der Waals surface area contributed by atoms with Gasteiger partial charge in [-0.25, -0.2) is 10.00 Å². The first-order chi connectivity index (χ1) is 11.8. The van der Waals surface area contributed by atoms with Crippen molar-refractivity contribution in [2.24, 2.45) is 19.5 Å². The van der Waals surface area contributed by atoms with Crippen LogP contribution in [0, 0.1) is 12.3 Å². The number of aromatic nitrogens is 2. The summed E-state index contributed by atoms with van der Waals surface area (Å²) in [7, 11) is 4.14. The Bertz CT molecular complexity index is 909. The largest absolute Gasteiger partial charge is 1.00 e. The number of carbonyl (C=O) groups is 1. The topological polar surface area (TPSA) is 37.9 Å². The van der Waals surface area contributed by atoms with Gasteiger partial charge in [0.1, 0.15) is 12.7 Å². The molecule has 0 saturated carbocycles. The molecule has 1 aliphatic heterocycles. The van der Waals surface area contributed by atoms with Crippen LogP contribution in [0.25, 0.3) is 0 Å². The number of rotatable bonds is 1. The lowest BCUT2D eigenvalue weighted by Crippen LogP contribution is -3.00. The highest BCUT2D eigenvalue weighted by atomic mass is 127. The second-order valence-electron chi connectivity index (χ2n) is 8.20. The van der Waals surface area contributed by atoms with Gasteiger partial charge >= 0.3 is 5.82 Å². The molecular weight excluding hydrogens is 437 g/mol. The Kier molecular flexibility index (Phi) is 4.80. The number of halogens is 1. The minimum absolute atomic E-state index is 0. The third-order valence-electron chi connectivity index (χ3n) is 5.80. The first-order valence-corrected chi connectivity index (χ1v) is 8.94. The Hall–Kier alpha value is -1.63. The molecule has 1 aromatic carbocycles. The van der Waals surface area contributed by atoms with E-state index >= 15 is 0 Å². The maximum Gasteiger partial charge on any atom is 0.304 e. The van der Waals surface area contributed by atoms with Gasteiger partial charge in [0, 0.05) is 25.5 Å². The number of carbonyl (C=O) groups excluding carboxylic acids is 1. The van der Waals surface area contributed by atoms with Crippen molar-refractivity contribution in [2.75, 3.05) is 5.32 Å². The monoisotopic (exact) mass is 463 g/mol. The summed E-state index contributed by atoms with van der Waals surface area (Å²) >= 11 is 0. The summed E-state index contributed by atoms with van der Waals surface area (Å²) in [6, 6.07) is 10.4. The Balaban J connectivity index is 0.00000196. The van der Waals surface area contributed by atoms with Crippen LogP contribution >= 0.6 is 0 Å². The summed E-state index contributed by atoms with van der Waals surface area (Å²) in [5.74, 6) is 1.41. The molecular formula is C21H26IN3O.